The Hall–Kier alpha value is -2.08. The number of nitrogens with zero attached hydrogens (tertiary/aromatic N) is 2. The summed E-state index contributed by atoms with van der Waals surface area (Å²) >= 11 is 0. The standard InChI is InChI=1S/C17H26N4O2/c1-3-19-17(21-10-8-15(22)12-21)20-9-7-13-5-4-6-14(11-13)16(23)18-2/h4-6,11,15,22H,3,7-10,12H2,1-2H3,(H,18,23)(H,19,20)/t15-/m1/s1. The Kier molecular flexibility index (Phi) is 6.40. The second-order valence-electron chi connectivity index (χ2n) is 5.65. The maximum Gasteiger partial charge on any atom is 0.251 e. The molecule has 0 aliphatic carbocycles. The molecule has 1 saturated heterocycles. The molecule has 0 radical (unpaired) electrons. The van der Waals surface area contributed by atoms with E-state index < -0.39 is 0 Å². The van der Waals surface area contributed by atoms with Gasteiger partial charge in [-0.05, 0) is 37.5 Å². The van der Waals surface area contributed by atoms with Gasteiger partial charge in [0.2, 0.25) is 0 Å². The molecule has 6 heteroatoms. The van der Waals surface area contributed by atoms with Crippen LogP contribution in [-0.4, -0.2) is 61.2 Å². The first-order valence-electron chi connectivity index (χ1n) is 8.16. The molecule has 0 spiro atoms. The van der Waals surface area contributed by atoms with Gasteiger partial charge < -0.3 is 20.6 Å². The maximum atomic E-state index is 11.7. The molecular weight excluding hydrogens is 292 g/mol. The highest BCUT2D eigenvalue weighted by atomic mass is 16.3. The van der Waals surface area contributed by atoms with Crippen LogP contribution < -0.4 is 10.6 Å². The molecule has 23 heavy (non-hydrogen) atoms. The number of amides is 1. The molecule has 0 saturated carbocycles. The molecule has 1 aromatic carbocycles. The number of guanidine groups is 1. The minimum atomic E-state index is -0.261. The summed E-state index contributed by atoms with van der Waals surface area (Å²) < 4.78 is 0. The first kappa shape index (κ1) is 17.3. The molecule has 126 valence electrons. The average molecular weight is 318 g/mol. The number of benzene rings is 1. The van der Waals surface area contributed by atoms with Crippen LogP contribution in [0.1, 0.15) is 29.3 Å². The van der Waals surface area contributed by atoms with Crippen molar-refractivity contribution in [3.63, 3.8) is 0 Å². The Morgan fingerprint density at radius 3 is 2.96 bits per heavy atom. The van der Waals surface area contributed by atoms with Gasteiger partial charge in [0, 0.05) is 38.8 Å². The number of rotatable bonds is 5. The van der Waals surface area contributed by atoms with Crippen molar-refractivity contribution in [2.45, 2.75) is 25.9 Å². The summed E-state index contributed by atoms with van der Waals surface area (Å²) in [4.78, 5) is 18.4. The van der Waals surface area contributed by atoms with Gasteiger partial charge in [0.25, 0.3) is 5.91 Å². The molecule has 1 amide bonds. The predicted octanol–water partition coefficient (Wildman–Crippen LogP) is 0.621. The highest BCUT2D eigenvalue weighted by Gasteiger charge is 2.22. The number of nitrogens with one attached hydrogen (secondary N) is 2. The average Bonchev–Trinajstić information content (AvgIpc) is 3.00. The number of carbonyl (C=O) groups is 1. The fraction of sp³-hybridized carbons (Fsp3) is 0.529. The quantitative estimate of drug-likeness (QED) is 0.549. The normalized spacial score (nSPS) is 18.1. The van der Waals surface area contributed by atoms with Crippen molar-refractivity contribution in [3.05, 3.63) is 35.4 Å². The molecule has 1 aromatic rings. The summed E-state index contributed by atoms with van der Waals surface area (Å²) in [5.74, 6) is 0.779. The summed E-state index contributed by atoms with van der Waals surface area (Å²) in [7, 11) is 1.63. The lowest BCUT2D eigenvalue weighted by atomic mass is 10.1. The molecule has 2 rings (SSSR count). The summed E-state index contributed by atoms with van der Waals surface area (Å²) in [6.45, 7) is 4.95. The first-order chi connectivity index (χ1) is 11.1. The van der Waals surface area contributed by atoms with Crippen LogP contribution in [0.4, 0.5) is 0 Å². The van der Waals surface area contributed by atoms with Crippen molar-refractivity contribution in [3.8, 4) is 0 Å². The van der Waals surface area contributed by atoms with E-state index in [1.165, 1.54) is 0 Å². The van der Waals surface area contributed by atoms with E-state index in [9.17, 15) is 9.90 Å². The topological polar surface area (TPSA) is 77.0 Å². The molecule has 0 aromatic heterocycles. The molecular formula is C17H26N4O2. The van der Waals surface area contributed by atoms with Crippen LogP contribution in [-0.2, 0) is 6.42 Å². The van der Waals surface area contributed by atoms with E-state index in [1.807, 2.05) is 25.1 Å². The van der Waals surface area contributed by atoms with Gasteiger partial charge in [0.05, 0.1) is 6.10 Å². The molecule has 0 unspecified atom stereocenters. The van der Waals surface area contributed by atoms with E-state index in [0.717, 1.165) is 37.5 Å². The zero-order valence-corrected chi connectivity index (χ0v) is 13.9. The molecule has 0 bridgehead atoms. The van der Waals surface area contributed by atoms with E-state index in [2.05, 4.69) is 20.5 Å². The molecule has 1 fully saturated rings. The number of aliphatic hydroxyl groups excluding tert-OH is 1. The Morgan fingerprint density at radius 2 is 2.30 bits per heavy atom. The monoisotopic (exact) mass is 318 g/mol. The number of hydrogen-bond acceptors (Lipinski definition) is 3. The van der Waals surface area contributed by atoms with Gasteiger partial charge in [0.1, 0.15) is 0 Å². The van der Waals surface area contributed by atoms with Crippen LogP contribution in [0, 0.1) is 0 Å². The van der Waals surface area contributed by atoms with Crippen molar-refractivity contribution < 1.29 is 9.90 Å². The smallest absolute Gasteiger partial charge is 0.251 e. The minimum absolute atomic E-state index is 0.0743. The molecule has 1 atom stereocenters. The van der Waals surface area contributed by atoms with Gasteiger partial charge >= 0.3 is 0 Å². The van der Waals surface area contributed by atoms with Crippen molar-refractivity contribution in [1.82, 2.24) is 15.5 Å². The van der Waals surface area contributed by atoms with E-state index >= 15 is 0 Å². The lowest BCUT2D eigenvalue weighted by Gasteiger charge is -2.20. The van der Waals surface area contributed by atoms with Gasteiger partial charge in [-0.2, -0.15) is 0 Å². The second-order valence-corrected chi connectivity index (χ2v) is 5.65. The lowest BCUT2D eigenvalue weighted by molar-refractivity contribution is 0.0963. The third-order valence-corrected chi connectivity index (χ3v) is 3.88. The van der Waals surface area contributed by atoms with Crippen LogP contribution in [0.3, 0.4) is 0 Å². The van der Waals surface area contributed by atoms with Gasteiger partial charge in [0.15, 0.2) is 5.96 Å². The summed E-state index contributed by atoms with van der Waals surface area (Å²) in [5.41, 5.74) is 1.76. The number of aliphatic hydroxyl groups is 1. The lowest BCUT2D eigenvalue weighted by Crippen LogP contribution is -2.40. The van der Waals surface area contributed by atoms with E-state index in [1.54, 1.807) is 13.1 Å². The van der Waals surface area contributed by atoms with Crippen LogP contribution in [0.15, 0.2) is 29.3 Å². The molecule has 1 aliphatic heterocycles. The summed E-state index contributed by atoms with van der Waals surface area (Å²) in [6.07, 6.45) is 1.30. The SMILES string of the molecule is CCNC(=NCCc1cccc(C(=O)NC)c1)N1CC[C@@H](O)C1. The zero-order chi connectivity index (χ0) is 16.7. The fourth-order valence-corrected chi connectivity index (χ4v) is 2.66. The van der Waals surface area contributed by atoms with Crippen LogP contribution in [0.2, 0.25) is 0 Å². The number of likely N-dealkylation sites (tertiary alicyclic amines) is 1. The number of aliphatic imine (C=N–C) groups is 1. The Morgan fingerprint density at radius 1 is 1.48 bits per heavy atom. The van der Waals surface area contributed by atoms with Gasteiger partial charge in [-0.3, -0.25) is 9.79 Å². The second kappa shape index (κ2) is 8.53. The van der Waals surface area contributed by atoms with Crippen molar-refractivity contribution in [2.75, 3.05) is 33.2 Å². The predicted molar refractivity (Wildman–Crippen MR) is 91.7 cm³/mol. The zero-order valence-electron chi connectivity index (χ0n) is 13.9. The minimum Gasteiger partial charge on any atom is -0.391 e. The number of hydrogen-bond donors (Lipinski definition) is 3. The highest BCUT2D eigenvalue weighted by Crippen LogP contribution is 2.10. The van der Waals surface area contributed by atoms with Gasteiger partial charge in [-0.15, -0.1) is 0 Å². The van der Waals surface area contributed by atoms with Crippen molar-refractivity contribution in [1.29, 1.82) is 0 Å². The van der Waals surface area contributed by atoms with Crippen LogP contribution >= 0.6 is 0 Å². The third kappa shape index (κ3) is 4.96. The first-order valence-corrected chi connectivity index (χ1v) is 8.16. The Bertz CT molecular complexity index is 559. The van der Waals surface area contributed by atoms with E-state index in [0.29, 0.717) is 18.7 Å². The maximum absolute atomic E-state index is 11.7. The van der Waals surface area contributed by atoms with Crippen molar-refractivity contribution in [2.24, 2.45) is 4.99 Å². The molecule has 1 heterocycles. The van der Waals surface area contributed by atoms with Crippen molar-refractivity contribution >= 4 is 11.9 Å². The Labute approximate surface area is 137 Å². The molecule has 1 aliphatic rings. The van der Waals surface area contributed by atoms with Crippen LogP contribution in [0.25, 0.3) is 0 Å². The summed E-state index contributed by atoms with van der Waals surface area (Å²) in [5, 5.41) is 15.6. The highest BCUT2D eigenvalue weighted by molar-refractivity contribution is 5.94. The Balaban J connectivity index is 1.96. The number of β-amino-alcohol motifs (C(OH)–C–C–N with tert-alkyl or cyclic N) is 1. The fourth-order valence-electron chi connectivity index (χ4n) is 2.66. The van der Waals surface area contributed by atoms with E-state index in [-0.39, 0.29) is 12.0 Å². The number of carbonyl (C=O) groups excluding carboxylic acids is 1. The molecule has 3 N–H and O–H groups in total. The van der Waals surface area contributed by atoms with E-state index in [4.69, 9.17) is 0 Å². The summed E-state index contributed by atoms with van der Waals surface area (Å²) in [6, 6.07) is 7.61. The van der Waals surface area contributed by atoms with Gasteiger partial charge in [-0.1, -0.05) is 12.1 Å². The van der Waals surface area contributed by atoms with Gasteiger partial charge in [-0.25, -0.2) is 0 Å². The largest absolute Gasteiger partial charge is 0.391 e. The van der Waals surface area contributed by atoms with Crippen LogP contribution in [0.5, 0.6) is 0 Å². The molecule has 6 nitrogen and oxygen atoms in total. The third-order valence-electron chi connectivity index (χ3n) is 3.88.